The highest BCUT2D eigenvalue weighted by atomic mass is 16.1. The van der Waals surface area contributed by atoms with Gasteiger partial charge in [0, 0.05) is 18.0 Å². The van der Waals surface area contributed by atoms with E-state index in [0.717, 1.165) is 11.3 Å². The van der Waals surface area contributed by atoms with Crippen molar-refractivity contribution in [1.29, 1.82) is 0 Å². The first-order chi connectivity index (χ1) is 11.3. The molecule has 4 rings (SSSR count). The first-order valence-electron chi connectivity index (χ1n) is 7.19. The SMILES string of the molecule is O=c1c2ccncc2ncn1Cc1cnn(-c2ccccc2)c1. The van der Waals surface area contributed by atoms with E-state index in [4.69, 9.17) is 0 Å². The van der Waals surface area contributed by atoms with Gasteiger partial charge in [-0.2, -0.15) is 5.10 Å². The predicted octanol–water partition coefficient (Wildman–Crippen LogP) is 2.03. The predicted molar refractivity (Wildman–Crippen MR) is 86.5 cm³/mol. The van der Waals surface area contributed by atoms with Gasteiger partial charge in [-0.15, -0.1) is 0 Å². The summed E-state index contributed by atoms with van der Waals surface area (Å²) >= 11 is 0. The number of hydrogen-bond acceptors (Lipinski definition) is 4. The molecule has 0 atom stereocenters. The van der Waals surface area contributed by atoms with Crippen molar-refractivity contribution in [3.05, 3.63) is 83.4 Å². The van der Waals surface area contributed by atoms with Crippen molar-refractivity contribution in [3.8, 4) is 5.69 Å². The van der Waals surface area contributed by atoms with Crippen LogP contribution in [0.5, 0.6) is 0 Å². The number of hydrogen-bond donors (Lipinski definition) is 0. The Morgan fingerprint density at radius 1 is 1.04 bits per heavy atom. The fourth-order valence-corrected chi connectivity index (χ4v) is 2.48. The third-order valence-corrected chi connectivity index (χ3v) is 3.64. The standard InChI is InChI=1S/C17H13N5O/c23-17-15-6-7-18-9-16(15)19-12-21(17)10-13-8-20-22(11-13)14-4-2-1-3-5-14/h1-9,11-12H,10H2. The summed E-state index contributed by atoms with van der Waals surface area (Å²) < 4.78 is 3.37. The van der Waals surface area contributed by atoms with Crippen LogP contribution in [0.2, 0.25) is 0 Å². The Morgan fingerprint density at radius 2 is 1.91 bits per heavy atom. The van der Waals surface area contributed by atoms with Crippen molar-refractivity contribution in [1.82, 2.24) is 24.3 Å². The van der Waals surface area contributed by atoms with Gasteiger partial charge in [0.2, 0.25) is 0 Å². The van der Waals surface area contributed by atoms with Crippen LogP contribution in [0.1, 0.15) is 5.56 Å². The molecule has 0 spiro atoms. The number of fused-ring (bicyclic) bond motifs is 1. The van der Waals surface area contributed by atoms with Gasteiger partial charge in [-0.05, 0) is 18.2 Å². The highest BCUT2D eigenvalue weighted by molar-refractivity contribution is 5.75. The van der Waals surface area contributed by atoms with Crippen LogP contribution in [-0.2, 0) is 6.54 Å². The topological polar surface area (TPSA) is 65.6 Å². The lowest BCUT2D eigenvalue weighted by Crippen LogP contribution is -2.21. The average molecular weight is 303 g/mol. The van der Waals surface area contributed by atoms with Crippen LogP contribution in [0.4, 0.5) is 0 Å². The van der Waals surface area contributed by atoms with Crippen LogP contribution < -0.4 is 5.56 Å². The molecule has 6 heteroatoms. The minimum atomic E-state index is -0.0788. The molecule has 0 radical (unpaired) electrons. The maximum atomic E-state index is 12.5. The second-order valence-corrected chi connectivity index (χ2v) is 5.20. The molecule has 1 aromatic carbocycles. The monoisotopic (exact) mass is 303 g/mol. The summed E-state index contributed by atoms with van der Waals surface area (Å²) in [6.45, 7) is 0.428. The summed E-state index contributed by atoms with van der Waals surface area (Å²) in [5, 5.41) is 4.91. The van der Waals surface area contributed by atoms with Crippen LogP contribution in [0.3, 0.4) is 0 Å². The molecular weight excluding hydrogens is 290 g/mol. The second-order valence-electron chi connectivity index (χ2n) is 5.20. The molecule has 4 aromatic rings. The van der Waals surface area contributed by atoms with Gasteiger partial charge in [-0.25, -0.2) is 9.67 Å². The largest absolute Gasteiger partial charge is 0.294 e. The summed E-state index contributed by atoms with van der Waals surface area (Å²) in [6, 6.07) is 11.5. The van der Waals surface area contributed by atoms with Crippen molar-refractivity contribution >= 4 is 10.9 Å². The molecule has 0 aliphatic carbocycles. The number of rotatable bonds is 3. The van der Waals surface area contributed by atoms with Crippen LogP contribution in [-0.4, -0.2) is 24.3 Å². The fraction of sp³-hybridized carbons (Fsp3) is 0.0588. The molecule has 3 aromatic heterocycles. The van der Waals surface area contributed by atoms with Gasteiger partial charge in [-0.1, -0.05) is 18.2 Å². The summed E-state index contributed by atoms with van der Waals surface area (Å²) in [5.41, 5.74) is 2.44. The molecule has 0 aliphatic rings. The molecule has 112 valence electrons. The normalized spacial score (nSPS) is 11.0. The van der Waals surface area contributed by atoms with E-state index in [1.807, 2.05) is 36.5 Å². The molecule has 0 N–H and O–H groups in total. The van der Waals surface area contributed by atoms with E-state index in [-0.39, 0.29) is 5.56 Å². The number of pyridine rings is 1. The molecule has 23 heavy (non-hydrogen) atoms. The fourth-order valence-electron chi connectivity index (χ4n) is 2.48. The van der Waals surface area contributed by atoms with Crippen molar-refractivity contribution in [3.63, 3.8) is 0 Å². The van der Waals surface area contributed by atoms with Crippen LogP contribution in [0.25, 0.3) is 16.6 Å². The van der Waals surface area contributed by atoms with Gasteiger partial charge < -0.3 is 0 Å². The molecule has 6 nitrogen and oxygen atoms in total. The maximum Gasteiger partial charge on any atom is 0.261 e. The van der Waals surface area contributed by atoms with E-state index in [2.05, 4.69) is 15.1 Å². The molecule has 0 amide bonds. The van der Waals surface area contributed by atoms with Gasteiger partial charge in [0.15, 0.2) is 0 Å². The van der Waals surface area contributed by atoms with Crippen molar-refractivity contribution in [2.75, 3.05) is 0 Å². The molecule has 0 saturated carbocycles. The van der Waals surface area contributed by atoms with Gasteiger partial charge in [0.05, 0.1) is 41.9 Å². The van der Waals surface area contributed by atoms with E-state index >= 15 is 0 Å². The quantitative estimate of drug-likeness (QED) is 0.581. The first-order valence-corrected chi connectivity index (χ1v) is 7.19. The Morgan fingerprint density at radius 3 is 2.78 bits per heavy atom. The Bertz CT molecular complexity index is 1020. The zero-order chi connectivity index (χ0) is 15.6. The number of para-hydroxylation sites is 1. The number of aromatic nitrogens is 5. The number of benzene rings is 1. The molecule has 0 unspecified atom stereocenters. The summed E-state index contributed by atoms with van der Waals surface area (Å²) in [5.74, 6) is 0. The third-order valence-electron chi connectivity index (χ3n) is 3.64. The number of nitrogens with zero attached hydrogens (tertiary/aromatic N) is 5. The first kappa shape index (κ1) is 13.4. The van der Waals surface area contributed by atoms with E-state index in [9.17, 15) is 4.79 Å². The minimum Gasteiger partial charge on any atom is -0.294 e. The summed E-state index contributed by atoms with van der Waals surface area (Å²) in [7, 11) is 0. The molecule has 0 fully saturated rings. The van der Waals surface area contributed by atoms with Crippen molar-refractivity contribution in [2.45, 2.75) is 6.54 Å². The smallest absolute Gasteiger partial charge is 0.261 e. The lowest BCUT2D eigenvalue weighted by Gasteiger charge is -2.04. The van der Waals surface area contributed by atoms with Gasteiger partial charge in [0.25, 0.3) is 5.56 Å². The average Bonchev–Trinajstić information content (AvgIpc) is 3.07. The van der Waals surface area contributed by atoms with Gasteiger partial charge >= 0.3 is 0 Å². The Kier molecular flexibility index (Phi) is 3.20. The maximum absolute atomic E-state index is 12.5. The molecule has 0 saturated heterocycles. The van der Waals surface area contributed by atoms with E-state index in [1.54, 1.807) is 40.2 Å². The van der Waals surface area contributed by atoms with E-state index in [1.165, 1.54) is 0 Å². The van der Waals surface area contributed by atoms with Crippen LogP contribution in [0, 0.1) is 0 Å². The molecule has 3 heterocycles. The Balaban J connectivity index is 1.68. The van der Waals surface area contributed by atoms with Crippen LogP contribution >= 0.6 is 0 Å². The van der Waals surface area contributed by atoms with Gasteiger partial charge in [0.1, 0.15) is 0 Å². The zero-order valence-corrected chi connectivity index (χ0v) is 12.2. The van der Waals surface area contributed by atoms with Crippen molar-refractivity contribution in [2.24, 2.45) is 0 Å². The lowest BCUT2D eigenvalue weighted by atomic mass is 10.3. The highest BCUT2D eigenvalue weighted by Gasteiger charge is 2.06. The summed E-state index contributed by atoms with van der Waals surface area (Å²) in [6.07, 6.45) is 8.42. The third kappa shape index (κ3) is 2.50. The highest BCUT2D eigenvalue weighted by Crippen LogP contribution is 2.09. The Hall–Kier alpha value is -3.28. The zero-order valence-electron chi connectivity index (χ0n) is 12.2. The molecule has 0 bridgehead atoms. The van der Waals surface area contributed by atoms with E-state index in [0.29, 0.717) is 17.4 Å². The lowest BCUT2D eigenvalue weighted by molar-refractivity contribution is 0.747. The molecular formula is C17H13N5O. The van der Waals surface area contributed by atoms with Crippen LogP contribution in [0.15, 0.2) is 72.3 Å². The summed E-state index contributed by atoms with van der Waals surface area (Å²) in [4.78, 5) is 20.7. The van der Waals surface area contributed by atoms with E-state index < -0.39 is 0 Å². The molecule has 0 aliphatic heterocycles. The van der Waals surface area contributed by atoms with Gasteiger partial charge in [-0.3, -0.25) is 14.3 Å². The minimum absolute atomic E-state index is 0.0788. The second kappa shape index (κ2) is 5.49. The Labute approximate surface area is 131 Å². The van der Waals surface area contributed by atoms with Crippen molar-refractivity contribution < 1.29 is 0 Å².